The van der Waals surface area contributed by atoms with Crippen LogP contribution in [0.5, 0.6) is 11.5 Å². The van der Waals surface area contributed by atoms with Crippen LogP contribution < -0.4 is 15.2 Å². The number of aliphatic hydroxyl groups excluding tert-OH is 1. The summed E-state index contributed by atoms with van der Waals surface area (Å²) in [4.78, 5) is 0. The van der Waals surface area contributed by atoms with Gasteiger partial charge in [-0.05, 0) is 12.1 Å². The summed E-state index contributed by atoms with van der Waals surface area (Å²) < 4.78 is 10.4. The first-order chi connectivity index (χ1) is 7.96. The maximum atomic E-state index is 10.3. The van der Waals surface area contributed by atoms with E-state index < -0.39 is 11.5 Å². The lowest BCUT2D eigenvalue weighted by Crippen LogP contribution is -2.31. The molecule has 96 valence electrons. The number of ether oxygens (including phenoxy) is 2. The predicted octanol–water partition coefficient (Wildman–Crippen LogP) is 1.72. The molecule has 0 fully saturated rings. The summed E-state index contributed by atoms with van der Waals surface area (Å²) in [6.45, 7) is 4.23. The van der Waals surface area contributed by atoms with Gasteiger partial charge in [0, 0.05) is 23.6 Å². The van der Waals surface area contributed by atoms with Crippen LogP contribution in [0.4, 0.5) is 0 Å². The van der Waals surface area contributed by atoms with Crippen molar-refractivity contribution in [2.24, 2.45) is 11.1 Å². The number of aliphatic hydroxyl groups is 1. The van der Waals surface area contributed by atoms with Gasteiger partial charge in [0.15, 0.2) is 0 Å². The number of methoxy groups -OCH3 is 2. The number of rotatable bonds is 5. The van der Waals surface area contributed by atoms with Crippen LogP contribution in [0.3, 0.4) is 0 Å². The summed E-state index contributed by atoms with van der Waals surface area (Å²) in [6.07, 6.45) is -0.673. The van der Waals surface area contributed by atoms with Gasteiger partial charge >= 0.3 is 0 Å². The van der Waals surface area contributed by atoms with Crippen LogP contribution in [0.1, 0.15) is 25.5 Å². The van der Waals surface area contributed by atoms with E-state index in [2.05, 4.69) is 0 Å². The predicted molar refractivity (Wildman–Crippen MR) is 67.3 cm³/mol. The van der Waals surface area contributed by atoms with E-state index >= 15 is 0 Å². The van der Waals surface area contributed by atoms with Gasteiger partial charge in [-0.25, -0.2) is 0 Å². The quantitative estimate of drug-likeness (QED) is 0.821. The minimum atomic E-state index is -0.673. The molecular formula is C13H21NO3. The average molecular weight is 239 g/mol. The largest absolute Gasteiger partial charge is 0.497 e. The number of benzene rings is 1. The van der Waals surface area contributed by atoms with Crippen molar-refractivity contribution < 1.29 is 14.6 Å². The lowest BCUT2D eigenvalue weighted by molar-refractivity contribution is 0.0533. The Morgan fingerprint density at radius 1 is 1.29 bits per heavy atom. The van der Waals surface area contributed by atoms with Gasteiger partial charge in [-0.3, -0.25) is 0 Å². The molecule has 0 aliphatic heterocycles. The first-order valence-corrected chi connectivity index (χ1v) is 5.56. The first kappa shape index (κ1) is 13.8. The van der Waals surface area contributed by atoms with Crippen molar-refractivity contribution in [1.82, 2.24) is 0 Å². The highest BCUT2D eigenvalue weighted by atomic mass is 16.5. The van der Waals surface area contributed by atoms with Crippen molar-refractivity contribution in [3.8, 4) is 11.5 Å². The van der Waals surface area contributed by atoms with Crippen LogP contribution in [0, 0.1) is 5.41 Å². The van der Waals surface area contributed by atoms with Gasteiger partial charge in [0.05, 0.1) is 20.3 Å². The lowest BCUT2D eigenvalue weighted by Gasteiger charge is -2.30. The third-order valence-electron chi connectivity index (χ3n) is 3.00. The lowest BCUT2D eigenvalue weighted by atomic mass is 9.82. The molecule has 0 spiro atoms. The Balaban J connectivity index is 3.13. The fourth-order valence-corrected chi connectivity index (χ4v) is 1.58. The van der Waals surface area contributed by atoms with Gasteiger partial charge in [-0.2, -0.15) is 0 Å². The van der Waals surface area contributed by atoms with Crippen molar-refractivity contribution in [2.75, 3.05) is 20.8 Å². The second-order valence-electron chi connectivity index (χ2n) is 4.70. The minimum absolute atomic E-state index is 0.392. The molecule has 1 atom stereocenters. The molecular weight excluding hydrogens is 218 g/mol. The van der Waals surface area contributed by atoms with E-state index in [1.165, 1.54) is 0 Å². The molecule has 4 nitrogen and oxygen atoms in total. The molecule has 3 N–H and O–H groups in total. The molecule has 0 aliphatic rings. The third kappa shape index (κ3) is 2.90. The Morgan fingerprint density at radius 2 is 1.94 bits per heavy atom. The molecule has 1 aromatic carbocycles. The Morgan fingerprint density at radius 3 is 2.41 bits per heavy atom. The summed E-state index contributed by atoms with van der Waals surface area (Å²) in [5, 5.41) is 10.3. The highest BCUT2D eigenvalue weighted by molar-refractivity contribution is 5.42. The fraction of sp³-hybridized carbons (Fsp3) is 0.538. The zero-order valence-corrected chi connectivity index (χ0v) is 10.9. The molecule has 0 bridgehead atoms. The molecule has 0 heterocycles. The van der Waals surface area contributed by atoms with E-state index in [-0.39, 0.29) is 0 Å². The fourth-order valence-electron chi connectivity index (χ4n) is 1.58. The van der Waals surface area contributed by atoms with E-state index in [9.17, 15) is 5.11 Å². The van der Waals surface area contributed by atoms with Crippen molar-refractivity contribution in [1.29, 1.82) is 0 Å². The van der Waals surface area contributed by atoms with Crippen LogP contribution in [-0.2, 0) is 0 Å². The van der Waals surface area contributed by atoms with Gasteiger partial charge in [0.1, 0.15) is 11.5 Å². The maximum Gasteiger partial charge on any atom is 0.128 e. The summed E-state index contributed by atoms with van der Waals surface area (Å²) in [5.41, 5.74) is 5.99. The SMILES string of the molecule is COc1ccc(C(O)C(C)(C)CN)c(OC)c1. The normalized spacial score (nSPS) is 13.3. The highest BCUT2D eigenvalue weighted by Crippen LogP contribution is 2.38. The molecule has 0 aliphatic carbocycles. The highest BCUT2D eigenvalue weighted by Gasteiger charge is 2.29. The second-order valence-corrected chi connectivity index (χ2v) is 4.70. The van der Waals surface area contributed by atoms with Gasteiger partial charge in [0.2, 0.25) is 0 Å². The molecule has 17 heavy (non-hydrogen) atoms. The van der Waals surface area contributed by atoms with Gasteiger partial charge in [-0.1, -0.05) is 13.8 Å². The molecule has 1 aromatic rings. The number of nitrogens with two attached hydrogens (primary N) is 1. The Hall–Kier alpha value is -1.26. The summed E-state index contributed by atoms with van der Waals surface area (Å²) in [6, 6.07) is 5.36. The zero-order chi connectivity index (χ0) is 13.1. The van der Waals surface area contributed by atoms with E-state index in [4.69, 9.17) is 15.2 Å². The summed E-state index contributed by atoms with van der Waals surface area (Å²) in [7, 11) is 3.16. The van der Waals surface area contributed by atoms with Crippen molar-refractivity contribution >= 4 is 0 Å². The van der Waals surface area contributed by atoms with Crippen molar-refractivity contribution in [2.45, 2.75) is 20.0 Å². The van der Waals surface area contributed by atoms with Gasteiger partial charge < -0.3 is 20.3 Å². The first-order valence-electron chi connectivity index (χ1n) is 5.56. The molecule has 4 heteroatoms. The second kappa shape index (κ2) is 5.38. The summed E-state index contributed by atoms with van der Waals surface area (Å²) in [5.74, 6) is 1.31. The van der Waals surface area contributed by atoms with Crippen molar-refractivity contribution in [3.63, 3.8) is 0 Å². The average Bonchev–Trinajstić information content (AvgIpc) is 2.36. The maximum absolute atomic E-state index is 10.3. The van der Waals surface area contributed by atoms with E-state index in [1.807, 2.05) is 13.8 Å². The molecule has 0 radical (unpaired) electrons. The van der Waals surface area contributed by atoms with Crippen LogP contribution in [0.15, 0.2) is 18.2 Å². The Bertz CT molecular complexity index is 377. The number of hydrogen-bond donors (Lipinski definition) is 2. The van der Waals surface area contributed by atoms with Crippen LogP contribution in [0.2, 0.25) is 0 Å². The number of hydrogen-bond acceptors (Lipinski definition) is 4. The molecule has 0 amide bonds. The third-order valence-corrected chi connectivity index (χ3v) is 3.00. The van der Waals surface area contributed by atoms with E-state index in [1.54, 1.807) is 32.4 Å². The summed E-state index contributed by atoms with van der Waals surface area (Å²) >= 11 is 0. The molecule has 0 saturated carbocycles. The molecule has 0 saturated heterocycles. The van der Waals surface area contributed by atoms with Crippen molar-refractivity contribution in [3.05, 3.63) is 23.8 Å². The Labute approximate surface area is 102 Å². The van der Waals surface area contributed by atoms with Gasteiger partial charge in [0.25, 0.3) is 0 Å². The topological polar surface area (TPSA) is 64.7 Å². The minimum Gasteiger partial charge on any atom is -0.497 e. The van der Waals surface area contributed by atoms with Gasteiger partial charge in [-0.15, -0.1) is 0 Å². The molecule has 1 rings (SSSR count). The monoisotopic (exact) mass is 239 g/mol. The zero-order valence-electron chi connectivity index (χ0n) is 10.9. The van der Waals surface area contributed by atoms with E-state index in [0.29, 0.717) is 18.0 Å². The van der Waals surface area contributed by atoms with Crippen LogP contribution in [0.25, 0.3) is 0 Å². The standard InChI is InChI=1S/C13H21NO3/c1-13(2,8-14)12(15)10-6-5-9(16-3)7-11(10)17-4/h5-7,12,15H,8,14H2,1-4H3. The molecule has 0 aromatic heterocycles. The van der Waals surface area contributed by atoms with E-state index in [0.717, 1.165) is 5.56 Å². The van der Waals surface area contributed by atoms with Crippen LogP contribution >= 0.6 is 0 Å². The Kier molecular flexibility index (Phi) is 4.37. The van der Waals surface area contributed by atoms with Crippen LogP contribution in [-0.4, -0.2) is 25.9 Å². The molecule has 1 unspecified atom stereocenters. The smallest absolute Gasteiger partial charge is 0.128 e.